The smallest absolute Gasteiger partial charge is 0.232 e. The third kappa shape index (κ3) is 11.8. The molecule has 1 aromatic carbocycles. The van der Waals surface area contributed by atoms with Crippen LogP contribution in [0.1, 0.15) is 78.1 Å². The number of carbonyl (C=O) groups excluding carboxylic acids is 1. The molecule has 0 fully saturated rings. The minimum Gasteiger partial charge on any atom is -0.507 e. The Hall–Kier alpha value is -2.53. The van der Waals surface area contributed by atoms with E-state index in [-0.39, 0.29) is 17.9 Å². The average molecular weight is 465 g/mol. The number of unbranched alkanes of at least 4 members (excludes halogenated alkanes) is 9. The van der Waals surface area contributed by atoms with Crippen molar-refractivity contribution in [3.8, 4) is 11.8 Å². The van der Waals surface area contributed by atoms with Crippen LogP contribution >= 0.6 is 0 Å². The summed E-state index contributed by atoms with van der Waals surface area (Å²) in [6, 6.07) is 7.85. The molecule has 0 unspecified atom stereocenters. The molecule has 178 valence electrons. The van der Waals surface area contributed by atoms with Gasteiger partial charge in [-0.2, -0.15) is 5.26 Å². The van der Waals surface area contributed by atoms with Crippen molar-refractivity contribution >= 4 is 21.5 Å². The first-order valence-electron chi connectivity index (χ1n) is 11.4. The second-order valence-corrected chi connectivity index (χ2v) is 9.75. The Balaban J connectivity index is 2.33. The zero-order valence-electron chi connectivity index (χ0n) is 19.2. The first-order valence-corrected chi connectivity index (χ1v) is 13.0. The van der Waals surface area contributed by atoms with E-state index in [0.29, 0.717) is 17.9 Å². The number of Topliss-reactive ketones (excluding diaryl/α,β-unsaturated/α-hetero) is 1. The minimum atomic E-state index is -3.42. The number of hydrogen-bond donors (Lipinski definition) is 2. The van der Waals surface area contributed by atoms with Crippen LogP contribution in [0.4, 0.5) is 5.69 Å². The molecule has 1 aromatic rings. The molecule has 0 bridgehead atoms. The number of anilines is 1. The van der Waals surface area contributed by atoms with E-state index >= 15 is 0 Å². The third-order valence-corrected chi connectivity index (χ3v) is 6.40. The van der Waals surface area contributed by atoms with Crippen molar-refractivity contribution in [1.29, 1.82) is 5.26 Å². The molecule has 0 saturated carbocycles. The van der Waals surface area contributed by atoms with Gasteiger partial charge in [0.15, 0.2) is 11.5 Å². The number of nitrogens with zero attached hydrogens (tertiary/aromatic N) is 1. The van der Waals surface area contributed by atoms with Crippen molar-refractivity contribution in [2.75, 3.05) is 17.1 Å². The average Bonchev–Trinajstić information content (AvgIpc) is 2.74. The molecule has 8 heteroatoms. The number of nitriles is 1. The number of hydrogen-bond acceptors (Lipinski definition) is 6. The number of rotatable bonds is 17. The van der Waals surface area contributed by atoms with Gasteiger partial charge in [-0.15, -0.1) is 0 Å². The lowest BCUT2D eigenvalue weighted by atomic mass is 10.1. The van der Waals surface area contributed by atoms with Gasteiger partial charge >= 0.3 is 0 Å². The Morgan fingerprint density at radius 1 is 1.00 bits per heavy atom. The Labute approximate surface area is 192 Å². The van der Waals surface area contributed by atoms with Crippen LogP contribution in [0, 0.1) is 11.3 Å². The number of nitrogens with one attached hydrogen (secondary N) is 1. The topological polar surface area (TPSA) is 116 Å². The number of sulfonamides is 1. The second-order valence-electron chi connectivity index (χ2n) is 7.91. The molecule has 0 aliphatic carbocycles. The molecule has 7 nitrogen and oxygen atoms in total. The van der Waals surface area contributed by atoms with Crippen LogP contribution in [-0.4, -0.2) is 31.7 Å². The van der Waals surface area contributed by atoms with E-state index in [1.54, 1.807) is 30.3 Å². The van der Waals surface area contributed by atoms with Crippen molar-refractivity contribution in [1.82, 2.24) is 0 Å². The fourth-order valence-electron chi connectivity index (χ4n) is 3.20. The quantitative estimate of drug-likeness (QED) is 0.133. The minimum absolute atomic E-state index is 0.0857. The molecular formula is C24H36N2O5S. The lowest BCUT2D eigenvalue weighted by Gasteiger charge is -2.10. The number of allylic oxidation sites excluding steroid dienone is 1. The summed E-state index contributed by atoms with van der Waals surface area (Å²) in [5.41, 5.74) is 0.0759. The van der Waals surface area contributed by atoms with Gasteiger partial charge in [0, 0.05) is 5.69 Å². The highest BCUT2D eigenvalue weighted by Gasteiger charge is 2.12. The first-order chi connectivity index (χ1) is 15.3. The fourth-order valence-corrected chi connectivity index (χ4v) is 4.38. The standard InChI is InChI=1S/C24H36N2O5S/c1-3-4-5-6-7-8-9-10-11-12-17-32(29,30)26-21-13-15-22(16-14-21)31-19-24(28)23(18-25)20(2)27/h13-16,26,28H,3-12,17,19H2,1-2H3. The molecule has 0 saturated heterocycles. The van der Waals surface area contributed by atoms with Crippen molar-refractivity contribution in [2.24, 2.45) is 0 Å². The largest absolute Gasteiger partial charge is 0.507 e. The van der Waals surface area contributed by atoms with E-state index in [4.69, 9.17) is 10.00 Å². The first kappa shape index (κ1) is 27.5. The molecule has 1 rings (SSSR count). The number of benzene rings is 1. The van der Waals surface area contributed by atoms with Gasteiger partial charge in [-0.3, -0.25) is 9.52 Å². The highest BCUT2D eigenvalue weighted by Crippen LogP contribution is 2.18. The van der Waals surface area contributed by atoms with Crippen molar-refractivity contribution < 1.29 is 23.1 Å². The van der Waals surface area contributed by atoms with E-state index in [1.165, 1.54) is 45.4 Å². The molecule has 0 aliphatic rings. The van der Waals surface area contributed by atoms with Gasteiger partial charge in [-0.05, 0) is 37.6 Å². The number of ether oxygens (including phenoxy) is 1. The van der Waals surface area contributed by atoms with E-state index in [0.717, 1.165) is 19.3 Å². The van der Waals surface area contributed by atoms with Crippen LogP contribution in [0.5, 0.6) is 5.75 Å². The predicted octanol–water partition coefficient (Wildman–Crippen LogP) is 5.65. The van der Waals surface area contributed by atoms with E-state index in [1.807, 2.05) is 0 Å². The Morgan fingerprint density at radius 2 is 1.53 bits per heavy atom. The molecule has 0 aromatic heterocycles. The Bertz CT molecular complexity index is 871. The van der Waals surface area contributed by atoms with E-state index in [2.05, 4.69) is 11.6 Å². The van der Waals surface area contributed by atoms with E-state index < -0.39 is 21.6 Å². The van der Waals surface area contributed by atoms with Gasteiger partial charge in [0.25, 0.3) is 0 Å². The lowest BCUT2D eigenvalue weighted by Crippen LogP contribution is -2.16. The molecule has 0 heterocycles. The SMILES string of the molecule is CCCCCCCCCCCCS(=O)(=O)Nc1ccc(OCC(O)=C(C#N)C(C)=O)cc1. The number of ketones is 1. The van der Waals surface area contributed by atoms with Crippen molar-refractivity contribution in [2.45, 2.75) is 78.1 Å². The van der Waals surface area contributed by atoms with Gasteiger partial charge in [0.2, 0.25) is 10.0 Å². The summed E-state index contributed by atoms with van der Waals surface area (Å²) in [5, 5.41) is 18.6. The highest BCUT2D eigenvalue weighted by molar-refractivity contribution is 7.92. The van der Waals surface area contributed by atoms with Gasteiger partial charge < -0.3 is 9.84 Å². The zero-order chi connectivity index (χ0) is 23.8. The molecule has 0 amide bonds. The normalized spacial score (nSPS) is 12.0. The predicted molar refractivity (Wildman–Crippen MR) is 127 cm³/mol. The summed E-state index contributed by atoms with van der Waals surface area (Å²) < 4.78 is 32.4. The van der Waals surface area contributed by atoms with Crippen molar-refractivity contribution in [3.05, 3.63) is 35.6 Å². The monoisotopic (exact) mass is 464 g/mol. The maximum Gasteiger partial charge on any atom is 0.232 e. The molecule has 0 aliphatic heterocycles. The fraction of sp³-hybridized carbons (Fsp3) is 0.583. The van der Waals surface area contributed by atoms with Crippen LogP contribution in [-0.2, 0) is 14.8 Å². The second kappa shape index (κ2) is 15.3. The van der Waals surface area contributed by atoms with Crippen LogP contribution in [0.3, 0.4) is 0 Å². The molecule has 2 N–H and O–H groups in total. The molecule has 0 atom stereocenters. The maximum absolute atomic E-state index is 12.3. The van der Waals surface area contributed by atoms with Gasteiger partial charge in [0.05, 0.1) is 5.75 Å². The van der Waals surface area contributed by atoms with Gasteiger partial charge in [-0.1, -0.05) is 64.7 Å². The third-order valence-electron chi connectivity index (χ3n) is 5.02. The van der Waals surface area contributed by atoms with Gasteiger partial charge in [-0.25, -0.2) is 8.42 Å². The number of aliphatic hydroxyl groups excluding tert-OH is 1. The molecule has 0 spiro atoms. The molecule has 0 radical (unpaired) electrons. The van der Waals surface area contributed by atoms with Crippen molar-refractivity contribution in [3.63, 3.8) is 0 Å². The summed E-state index contributed by atoms with van der Waals surface area (Å²) in [6.45, 7) is 3.07. The zero-order valence-corrected chi connectivity index (χ0v) is 20.0. The Morgan fingerprint density at radius 3 is 2.03 bits per heavy atom. The van der Waals surface area contributed by atoms with Crippen LogP contribution in [0.25, 0.3) is 0 Å². The molecular weight excluding hydrogens is 428 g/mol. The van der Waals surface area contributed by atoms with Crippen LogP contribution < -0.4 is 9.46 Å². The number of carbonyl (C=O) groups is 1. The lowest BCUT2D eigenvalue weighted by molar-refractivity contribution is -0.113. The summed E-state index contributed by atoms with van der Waals surface area (Å²) in [7, 11) is -3.42. The molecule has 32 heavy (non-hydrogen) atoms. The summed E-state index contributed by atoms with van der Waals surface area (Å²) in [4.78, 5) is 11.2. The summed E-state index contributed by atoms with van der Waals surface area (Å²) in [5.74, 6) is -0.528. The van der Waals surface area contributed by atoms with E-state index in [9.17, 15) is 18.3 Å². The van der Waals surface area contributed by atoms with Crippen LogP contribution in [0.15, 0.2) is 35.6 Å². The summed E-state index contributed by atoms with van der Waals surface area (Å²) >= 11 is 0. The number of aliphatic hydroxyl groups is 1. The van der Waals surface area contributed by atoms with Crippen LogP contribution in [0.2, 0.25) is 0 Å². The summed E-state index contributed by atoms with van der Waals surface area (Å²) in [6.07, 6.45) is 11.4. The maximum atomic E-state index is 12.3. The Kier molecular flexibility index (Phi) is 13.2. The van der Waals surface area contributed by atoms with Gasteiger partial charge in [0.1, 0.15) is 24.0 Å². The highest BCUT2D eigenvalue weighted by atomic mass is 32.2.